The summed E-state index contributed by atoms with van der Waals surface area (Å²) in [5.41, 5.74) is 4.63. The topological polar surface area (TPSA) is 34.5 Å². The van der Waals surface area contributed by atoms with Gasteiger partial charge in [-0.05, 0) is 43.5 Å². The third-order valence-corrected chi connectivity index (χ3v) is 5.11. The Kier molecular flexibility index (Phi) is 4.22. The maximum absolute atomic E-state index is 6.32. The molecule has 3 heteroatoms. The number of para-hydroxylation sites is 1. The Balaban J connectivity index is 2.19. The van der Waals surface area contributed by atoms with Crippen LogP contribution in [0.4, 0.5) is 0 Å². The first kappa shape index (κ1) is 17.7. The van der Waals surface area contributed by atoms with E-state index in [1.807, 2.05) is 24.4 Å². The summed E-state index contributed by atoms with van der Waals surface area (Å²) >= 11 is 0. The Morgan fingerprint density at radius 1 is 1.12 bits per heavy atom. The predicted octanol–water partition coefficient (Wildman–Crippen LogP) is 5.51. The summed E-state index contributed by atoms with van der Waals surface area (Å²) in [4.78, 5) is 9.78. The SMILES string of the molecule is Cc1cc(C2=NC(C)(C(C)(C)C)Oc3ccccc32)cnc1C(C)C. The minimum Gasteiger partial charge on any atom is -0.465 e. The van der Waals surface area contributed by atoms with E-state index in [9.17, 15) is 0 Å². The van der Waals surface area contributed by atoms with Crippen LogP contribution in [0.5, 0.6) is 5.75 Å². The van der Waals surface area contributed by atoms with E-state index in [0.29, 0.717) is 5.92 Å². The molecule has 0 fully saturated rings. The largest absolute Gasteiger partial charge is 0.465 e. The standard InChI is InChI=1S/C22H28N2O/c1-14(2)19-15(3)12-16(13-23-19)20-17-10-8-9-11-18(17)25-22(7,24-20)21(4,5)6/h8-14H,1-7H3. The molecule has 25 heavy (non-hydrogen) atoms. The van der Waals surface area contributed by atoms with Crippen LogP contribution in [0.25, 0.3) is 0 Å². The lowest BCUT2D eigenvalue weighted by Gasteiger charge is -2.42. The summed E-state index contributed by atoms with van der Waals surface area (Å²) < 4.78 is 6.32. The Labute approximate surface area is 151 Å². The Bertz CT molecular complexity index is 830. The second kappa shape index (κ2) is 5.98. The van der Waals surface area contributed by atoms with E-state index in [1.54, 1.807) is 0 Å². The molecule has 1 unspecified atom stereocenters. The Morgan fingerprint density at radius 3 is 2.40 bits per heavy atom. The van der Waals surface area contributed by atoms with Crippen LogP contribution in [0.3, 0.4) is 0 Å². The summed E-state index contributed by atoms with van der Waals surface area (Å²) in [6.07, 6.45) is 1.95. The molecule has 0 spiro atoms. The lowest BCUT2D eigenvalue weighted by molar-refractivity contribution is -0.0112. The maximum Gasteiger partial charge on any atom is 0.202 e. The molecule has 2 heterocycles. The van der Waals surface area contributed by atoms with E-state index in [0.717, 1.165) is 28.3 Å². The molecule has 0 radical (unpaired) electrons. The van der Waals surface area contributed by atoms with Crippen LogP contribution in [0.1, 0.15) is 69.8 Å². The molecule has 1 aliphatic heterocycles. The van der Waals surface area contributed by atoms with Crippen LogP contribution in [-0.4, -0.2) is 16.4 Å². The average molecular weight is 336 g/mol. The molecule has 0 aliphatic carbocycles. The lowest BCUT2D eigenvalue weighted by atomic mass is 9.83. The van der Waals surface area contributed by atoms with Crippen LogP contribution < -0.4 is 4.74 Å². The molecule has 3 nitrogen and oxygen atoms in total. The molecular formula is C22H28N2O. The fraction of sp³-hybridized carbons (Fsp3) is 0.455. The number of benzene rings is 1. The molecular weight excluding hydrogens is 308 g/mol. The quantitative estimate of drug-likeness (QED) is 0.725. The van der Waals surface area contributed by atoms with Crippen molar-refractivity contribution >= 4 is 5.71 Å². The van der Waals surface area contributed by atoms with Crippen molar-refractivity contribution in [3.8, 4) is 5.75 Å². The Morgan fingerprint density at radius 2 is 1.80 bits per heavy atom. The third kappa shape index (κ3) is 3.08. The zero-order valence-electron chi connectivity index (χ0n) is 16.3. The first-order chi connectivity index (χ1) is 11.6. The van der Waals surface area contributed by atoms with Crippen molar-refractivity contribution in [2.45, 2.75) is 60.1 Å². The number of aliphatic imine (C=N–C) groups is 1. The van der Waals surface area contributed by atoms with Gasteiger partial charge in [-0.25, -0.2) is 4.99 Å². The van der Waals surface area contributed by atoms with Crippen molar-refractivity contribution in [1.29, 1.82) is 0 Å². The zero-order valence-corrected chi connectivity index (χ0v) is 16.3. The number of fused-ring (bicyclic) bond motifs is 1. The van der Waals surface area contributed by atoms with Gasteiger partial charge in [0.2, 0.25) is 5.72 Å². The average Bonchev–Trinajstić information content (AvgIpc) is 2.52. The van der Waals surface area contributed by atoms with E-state index >= 15 is 0 Å². The Hall–Kier alpha value is -2.16. The molecule has 0 amide bonds. The molecule has 0 bridgehead atoms. The molecule has 0 saturated carbocycles. The summed E-state index contributed by atoms with van der Waals surface area (Å²) in [6.45, 7) is 15.0. The number of nitrogens with zero attached hydrogens (tertiary/aromatic N) is 2. The van der Waals surface area contributed by atoms with Crippen LogP contribution in [0.2, 0.25) is 0 Å². The number of rotatable bonds is 2. The van der Waals surface area contributed by atoms with E-state index in [2.05, 4.69) is 60.6 Å². The summed E-state index contributed by atoms with van der Waals surface area (Å²) in [5, 5.41) is 0. The molecule has 0 saturated heterocycles. The van der Waals surface area contributed by atoms with Gasteiger partial charge in [0.1, 0.15) is 5.75 Å². The summed E-state index contributed by atoms with van der Waals surface area (Å²) in [6, 6.07) is 10.3. The van der Waals surface area contributed by atoms with E-state index in [4.69, 9.17) is 14.7 Å². The smallest absolute Gasteiger partial charge is 0.202 e. The van der Waals surface area contributed by atoms with Crippen LogP contribution in [0, 0.1) is 12.3 Å². The van der Waals surface area contributed by atoms with Crippen LogP contribution >= 0.6 is 0 Å². The molecule has 1 atom stereocenters. The van der Waals surface area contributed by atoms with Gasteiger partial charge < -0.3 is 4.74 Å². The van der Waals surface area contributed by atoms with Gasteiger partial charge in [-0.15, -0.1) is 0 Å². The van der Waals surface area contributed by atoms with E-state index in [-0.39, 0.29) is 5.41 Å². The van der Waals surface area contributed by atoms with E-state index < -0.39 is 5.72 Å². The minimum absolute atomic E-state index is 0.133. The minimum atomic E-state index is -0.624. The first-order valence-corrected chi connectivity index (χ1v) is 8.97. The molecule has 1 aromatic carbocycles. The maximum atomic E-state index is 6.32. The fourth-order valence-corrected chi connectivity index (χ4v) is 3.12. The number of pyridine rings is 1. The van der Waals surface area contributed by atoms with Crippen molar-refractivity contribution in [2.24, 2.45) is 10.4 Å². The summed E-state index contributed by atoms with van der Waals surface area (Å²) in [5.74, 6) is 1.30. The number of hydrogen-bond acceptors (Lipinski definition) is 3. The number of hydrogen-bond donors (Lipinski definition) is 0. The third-order valence-electron chi connectivity index (χ3n) is 5.11. The van der Waals surface area contributed by atoms with Gasteiger partial charge in [0.25, 0.3) is 0 Å². The number of aryl methyl sites for hydroxylation is 1. The van der Waals surface area contributed by atoms with Crippen molar-refractivity contribution in [3.05, 3.63) is 58.9 Å². The van der Waals surface area contributed by atoms with Gasteiger partial charge in [-0.2, -0.15) is 0 Å². The van der Waals surface area contributed by atoms with Gasteiger partial charge in [-0.3, -0.25) is 4.98 Å². The van der Waals surface area contributed by atoms with Crippen molar-refractivity contribution in [1.82, 2.24) is 4.98 Å². The number of ether oxygens (including phenoxy) is 1. The highest BCUT2D eigenvalue weighted by atomic mass is 16.5. The fourth-order valence-electron chi connectivity index (χ4n) is 3.12. The van der Waals surface area contributed by atoms with Crippen LogP contribution in [-0.2, 0) is 0 Å². The van der Waals surface area contributed by atoms with Crippen molar-refractivity contribution in [3.63, 3.8) is 0 Å². The van der Waals surface area contributed by atoms with E-state index in [1.165, 1.54) is 5.56 Å². The molecule has 1 aliphatic rings. The first-order valence-electron chi connectivity index (χ1n) is 8.97. The second-order valence-corrected chi connectivity index (χ2v) is 8.37. The highest BCUT2D eigenvalue weighted by Crippen LogP contribution is 2.41. The monoisotopic (exact) mass is 336 g/mol. The summed E-state index contributed by atoms with van der Waals surface area (Å²) in [7, 11) is 0. The molecule has 132 valence electrons. The molecule has 2 aromatic rings. The van der Waals surface area contributed by atoms with Gasteiger partial charge in [0, 0.05) is 28.4 Å². The zero-order chi connectivity index (χ0) is 18.4. The molecule has 1 aromatic heterocycles. The molecule has 0 N–H and O–H groups in total. The van der Waals surface area contributed by atoms with Crippen molar-refractivity contribution in [2.75, 3.05) is 0 Å². The second-order valence-electron chi connectivity index (χ2n) is 8.37. The van der Waals surface area contributed by atoms with Crippen LogP contribution in [0.15, 0.2) is 41.5 Å². The number of aromatic nitrogens is 1. The highest BCUT2D eigenvalue weighted by Gasteiger charge is 2.43. The normalized spacial score (nSPS) is 20.1. The van der Waals surface area contributed by atoms with Gasteiger partial charge in [0.05, 0.1) is 5.71 Å². The van der Waals surface area contributed by atoms with Gasteiger partial charge in [-0.1, -0.05) is 46.8 Å². The molecule has 3 rings (SSSR count). The lowest BCUT2D eigenvalue weighted by Crippen LogP contribution is -2.46. The predicted molar refractivity (Wildman–Crippen MR) is 104 cm³/mol. The van der Waals surface area contributed by atoms with Gasteiger partial charge >= 0.3 is 0 Å². The van der Waals surface area contributed by atoms with Crippen molar-refractivity contribution < 1.29 is 4.74 Å². The highest BCUT2D eigenvalue weighted by molar-refractivity contribution is 6.15. The van der Waals surface area contributed by atoms with Gasteiger partial charge in [0.15, 0.2) is 0 Å².